The largest absolute Gasteiger partial charge is 0.462 e. The second-order valence-corrected chi connectivity index (χ2v) is 11.1. The lowest BCUT2D eigenvalue weighted by Crippen LogP contribution is -2.40. The number of hydrogen-bond acceptors (Lipinski definition) is 10. The molecule has 0 spiro atoms. The number of rotatable bonds is 7. The number of carbonyl (C=O) groups excluding carboxylic acids is 5. The van der Waals surface area contributed by atoms with E-state index < -0.39 is 62.8 Å². The number of nitrogens with zero attached hydrogens (tertiary/aromatic N) is 3. The van der Waals surface area contributed by atoms with Crippen LogP contribution >= 0.6 is 11.8 Å². The molecule has 13 heteroatoms. The Kier molecular flexibility index (Phi) is 8.81. The Morgan fingerprint density at radius 3 is 2.26 bits per heavy atom. The van der Waals surface area contributed by atoms with Crippen molar-refractivity contribution >= 4 is 41.3 Å². The molecule has 2 aromatic carbocycles. The predicted octanol–water partition coefficient (Wildman–Crippen LogP) is 5.67. The molecule has 0 N–H and O–H groups in total. The van der Waals surface area contributed by atoms with Crippen molar-refractivity contribution in [1.29, 1.82) is 0 Å². The Hall–Kier alpha value is -4.52. The third-order valence-corrected chi connectivity index (χ3v) is 6.96. The molecule has 1 aliphatic heterocycles. The van der Waals surface area contributed by atoms with E-state index in [1.54, 1.807) is 52.0 Å². The number of benzene rings is 2. The SMILES string of the molecule is CCOC(=O)c1c(C=O)nc(-c2c(F)cccc2F)nc1Cc1ccc(C2SC(=O)N(C(=O)OC(C)(C)C)C2=O)cc1. The van der Waals surface area contributed by atoms with Crippen LogP contribution in [-0.2, 0) is 20.7 Å². The Bertz CT molecular complexity index is 1570. The molecule has 4 rings (SSSR count). The first kappa shape index (κ1) is 30.4. The smallest absolute Gasteiger partial charge is 0.424 e. The van der Waals surface area contributed by atoms with E-state index in [9.17, 15) is 32.8 Å². The van der Waals surface area contributed by atoms with E-state index in [2.05, 4.69) is 9.97 Å². The van der Waals surface area contributed by atoms with E-state index in [1.165, 1.54) is 0 Å². The summed E-state index contributed by atoms with van der Waals surface area (Å²) in [6, 6.07) is 9.47. The fourth-order valence-electron chi connectivity index (χ4n) is 4.09. The van der Waals surface area contributed by atoms with Crippen molar-refractivity contribution in [2.24, 2.45) is 0 Å². The van der Waals surface area contributed by atoms with Gasteiger partial charge in [-0.15, -0.1) is 0 Å². The Balaban J connectivity index is 1.67. The number of hydrogen-bond donors (Lipinski definition) is 0. The highest BCUT2D eigenvalue weighted by Gasteiger charge is 2.46. The summed E-state index contributed by atoms with van der Waals surface area (Å²) in [7, 11) is 0. The van der Waals surface area contributed by atoms with Crippen LogP contribution in [0.2, 0.25) is 0 Å². The number of imide groups is 3. The molecule has 1 aliphatic rings. The molecule has 10 nitrogen and oxygen atoms in total. The number of esters is 1. The van der Waals surface area contributed by atoms with Crippen molar-refractivity contribution < 1.29 is 42.2 Å². The number of carbonyl (C=O) groups is 5. The summed E-state index contributed by atoms with van der Waals surface area (Å²) in [6.07, 6.45) is -0.873. The minimum Gasteiger partial charge on any atom is -0.462 e. The minimum absolute atomic E-state index is 0.0128. The van der Waals surface area contributed by atoms with Gasteiger partial charge in [-0.25, -0.2) is 28.3 Å². The lowest BCUT2D eigenvalue weighted by atomic mass is 10.0. The zero-order chi connectivity index (χ0) is 30.8. The summed E-state index contributed by atoms with van der Waals surface area (Å²) < 4.78 is 39.3. The van der Waals surface area contributed by atoms with E-state index in [4.69, 9.17) is 9.47 Å². The topological polar surface area (TPSA) is 133 Å². The van der Waals surface area contributed by atoms with Crippen LogP contribution in [0.5, 0.6) is 0 Å². The molecule has 2 heterocycles. The first-order valence-corrected chi connectivity index (χ1v) is 13.6. The molecule has 3 aromatic rings. The summed E-state index contributed by atoms with van der Waals surface area (Å²) in [4.78, 5) is 71.1. The van der Waals surface area contributed by atoms with Crippen LogP contribution in [0.4, 0.5) is 18.4 Å². The number of aldehydes is 1. The predicted molar refractivity (Wildman–Crippen MR) is 147 cm³/mol. The third-order valence-electron chi connectivity index (χ3n) is 5.87. The maximum Gasteiger partial charge on any atom is 0.424 e. The van der Waals surface area contributed by atoms with Gasteiger partial charge in [0.15, 0.2) is 12.1 Å². The van der Waals surface area contributed by atoms with Crippen LogP contribution in [0, 0.1) is 11.6 Å². The van der Waals surface area contributed by atoms with Crippen LogP contribution in [0.25, 0.3) is 11.4 Å². The minimum atomic E-state index is -1.06. The average molecular weight is 598 g/mol. The molecule has 0 aliphatic carbocycles. The van der Waals surface area contributed by atoms with Crippen LogP contribution in [0.1, 0.15) is 70.6 Å². The molecule has 42 heavy (non-hydrogen) atoms. The van der Waals surface area contributed by atoms with Gasteiger partial charge in [0.1, 0.15) is 33.7 Å². The number of thioether (sulfide) groups is 1. The van der Waals surface area contributed by atoms with Gasteiger partial charge in [0.05, 0.1) is 17.9 Å². The highest BCUT2D eigenvalue weighted by molar-refractivity contribution is 8.15. The van der Waals surface area contributed by atoms with Crippen LogP contribution in [0.3, 0.4) is 0 Å². The van der Waals surface area contributed by atoms with E-state index in [1.807, 2.05) is 0 Å². The van der Waals surface area contributed by atoms with Gasteiger partial charge >= 0.3 is 12.1 Å². The van der Waals surface area contributed by atoms with Crippen molar-refractivity contribution in [1.82, 2.24) is 14.9 Å². The zero-order valence-electron chi connectivity index (χ0n) is 23.0. The molecule has 1 atom stereocenters. The van der Waals surface area contributed by atoms with Crippen molar-refractivity contribution in [2.75, 3.05) is 6.61 Å². The maximum absolute atomic E-state index is 14.5. The molecule has 0 saturated carbocycles. The Labute approximate surface area is 243 Å². The molecule has 218 valence electrons. The number of ether oxygens (including phenoxy) is 2. The van der Waals surface area contributed by atoms with Gasteiger partial charge in [0.2, 0.25) is 0 Å². The lowest BCUT2D eigenvalue weighted by molar-refractivity contribution is -0.126. The van der Waals surface area contributed by atoms with Gasteiger partial charge < -0.3 is 9.47 Å². The summed E-state index contributed by atoms with van der Waals surface area (Å²) >= 11 is 0.663. The molecule has 1 saturated heterocycles. The molecule has 3 amide bonds. The second kappa shape index (κ2) is 12.1. The van der Waals surface area contributed by atoms with Gasteiger partial charge in [0, 0.05) is 6.42 Å². The first-order chi connectivity index (χ1) is 19.8. The first-order valence-electron chi connectivity index (χ1n) is 12.7. The van der Waals surface area contributed by atoms with Crippen LogP contribution in [-0.4, -0.2) is 56.6 Å². The molecule has 0 bridgehead atoms. The van der Waals surface area contributed by atoms with Crippen LogP contribution < -0.4 is 0 Å². The summed E-state index contributed by atoms with van der Waals surface area (Å²) in [5.74, 6) is -3.99. The van der Waals surface area contributed by atoms with E-state index >= 15 is 0 Å². The van der Waals surface area contributed by atoms with Crippen molar-refractivity contribution in [3.63, 3.8) is 0 Å². The lowest BCUT2D eigenvalue weighted by Gasteiger charge is -2.22. The summed E-state index contributed by atoms with van der Waals surface area (Å²) in [5, 5.41) is -1.76. The average Bonchev–Trinajstić information content (AvgIpc) is 3.21. The zero-order valence-corrected chi connectivity index (χ0v) is 23.8. The molecular weight excluding hydrogens is 572 g/mol. The number of amides is 3. The monoisotopic (exact) mass is 597 g/mol. The fourth-order valence-corrected chi connectivity index (χ4v) is 5.06. The van der Waals surface area contributed by atoms with Gasteiger partial charge in [-0.2, -0.15) is 4.90 Å². The van der Waals surface area contributed by atoms with Gasteiger partial charge in [-0.05, 0) is 62.7 Å². The van der Waals surface area contributed by atoms with Crippen molar-refractivity contribution in [2.45, 2.75) is 45.0 Å². The number of halogens is 2. The Morgan fingerprint density at radius 1 is 1.05 bits per heavy atom. The number of aromatic nitrogens is 2. The quantitative estimate of drug-likeness (QED) is 0.248. The van der Waals surface area contributed by atoms with Crippen molar-refractivity contribution in [3.8, 4) is 11.4 Å². The highest BCUT2D eigenvalue weighted by atomic mass is 32.2. The molecule has 1 aromatic heterocycles. The normalized spacial score (nSPS) is 15.1. The van der Waals surface area contributed by atoms with E-state index in [-0.39, 0.29) is 30.6 Å². The van der Waals surface area contributed by atoms with Gasteiger partial charge in [-0.1, -0.05) is 30.3 Å². The molecular formula is C29H25F2N3O7S. The van der Waals surface area contributed by atoms with Crippen LogP contribution in [0.15, 0.2) is 42.5 Å². The molecule has 1 unspecified atom stereocenters. The second-order valence-electron chi connectivity index (χ2n) is 10.0. The Morgan fingerprint density at radius 2 is 1.69 bits per heavy atom. The summed E-state index contributed by atoms with van der Waals surface area (Å²) in [6.45, 7) is 6.38. The molecule has 0 radical (unpaired) electrons. The standard InChI is InChI=1S/C29H25F2N3O7S/c1-5-40-26(37)22-19(32-24(33-20(22)14-35)21-17(30)7-6-8-18(21)31)13-15-9-11-16(12-10-15)23-25(36)34(28(39)42-23)27(38)41-29(2,3)4/h6-12,14,23H,5,13H2,1-4H3. The van der Waals surface area contributed by atoms with Crippen molar-refractivity contribution in [3.05, 3.63) is 82.2 Å². The summed E-state index contributed by atoms with van der Waals surface area (Å²) in [5.41, 5.74) is -1.20. The third kappa shape index (κ3) is 6.35. The van der Waals surface area contributed by atoms with Gasteiger partial charge in [-0.3, -0.25) is 14.4 Å². The molecule has 1 fully saturated rings. The van der Waals surface area contributed by atoms with E-state index in [0.717, 1.165) is 18.2 Å². The van der Waals surface area contributed by atoms with E-state index in [0.29, 0.717) is 27.8 Å². The maximum atomic E-state index is 14.5. The van der Waals surface area contributed by atoms with Gasteiger partial charge in [0.25, 0.3) is 11.1 Å². The fraction of sp³-hybridized carbons (Fsp3) is 0.276. The highest BCUT2D eigenvalue weighted by Crippen LogP contribution is 2.40.